The van der Waals surface area contributed by atoms with Gasteiger partial charge >= 0.3 is 0 Å². The molecular weight excluding hydrogens is 421 g/mol. The Labute approximate surface area is 162 Å². The van der Waals surface area contributed by atoms with E-state index in [2.05, 4.69) is 29.5 Å². The first-order valence-corrected chi connectivity index (χ1v) is 7.93. The fourth-order valence-corrected chi connectivity index (χ4v) is 2.11. The van der Waals surface area contributed by atoms with Crippen molar-refractivity contribution in [2.45, 2.75) is 39.8 Å². The van der Waals surface area contributed by atoms with Crippen molar-refractivity contribution in [3.8, 4) is 17.2 Å². The fourth-order valence-electron chi connectivity index (χ4n) is 2.11. The van der Waals surface area contributed by atoms with Crippen molar-refractivity contribution in [3.63, 3.8) is 0 Å². The summed E-state index contributed by atoms with van der Waals surface area (Å²) < 4.78 is 16.2. The zero-order chi connectivity index (χ0) is 17.2. The molecule has 0 saturated heterocycles. The molecule has 7 heteroatoms. The minimum Gasteiger partial charge on any atom is -0.493 e. The van der Waals surface area contributed by atoms with Crippen LogP contribution < -0.4 is 24.8 Å². The van der Waals surface area contributed by atoms with Crippen LogP contribution >= 0.6 is 24.0 Å². The Kier molecular flexibility index (Phi) is 11.4. The second-order valence-electron chi connectivity index (χ2n) is 5.14. The molecule has 0 radical (unpaired) electrons. The van der Waals surface area contributed by atoms with Crippen LogP contribution in [0.5, 0.6) is 17.2 Å². The lowest BCUT2D eigenvalue weighted by molar-refractivity contribution is 0.322. The highest BCUT2D eigenvalue weighted by Crippen LogP contribution is 2.39. The number of halogens is 1. The van der Waals surface area contributed by atoms with Gasteiger partial charge < -0.3 is 24.8 Å². The van der Waals surface area contributed by atoms with E-state index in [0.29, 0.717) is 29.8 Å². The van der Waals surface area contributed by atoms with Crippen LogP contribution in [-0.4, -0.2) is 39.9 Å². The number of ether oxygens (including phenoxy) is 3. The second kappa shape index (κ2) is 12.0. The molecule has 1 aromatic carbocycles. The van der Waals surface area contributed by atoms with Gasteiger partial charge in [-0.3, -0.25) is 0 Å². The standard InChI is InChI=1S/C17H29N3O3.HI/c1-7-12(3)20-17(18-8-2)19-11-13-9-10-14(21-4)16(23-6)15(13)22-5;/h9-10,12H,7-8,11H2,1-6H3,(H2,18,19,20);1H. The molecule has 1 aromatic rings. The lowest BCUT2D eigenvalue weighted by Crippen LogP contribution is -2.41. The lowest BCUT2D eigenvalue weighted by atomic mass is 10.1. The third kappa shape index (κ3) is 6.26. The Morgan fingerprint density at radius 1 is 1.08 bits per heavy atom. The smallest absolute Gasteiger partial charge is 0.203 e. The summed E-state index contributed by atoms with van der Waals surface area (Å²) in [4.78, 5) is 4.63. The Bertz CT molecular complexity index is 524. The third-order valence-corrected chi connectivity index (χ3v) is 3.53. The van der Waals surface area contributed by atoms with Gasteiger partial charge in [-0.2, -0.15) is 0 Å². The number of hydrogen-bond acceptors (Lipinski definition) is 4. The zero-order valence-electron chi connectivity index (χ0n) is 15.4. The van der Waals surface area contributed by atoms with E-state index in [9.17, 15) is 0 Å². The van der Waals surface area contributed by atoms with Gasteiger partial charge in [0.05, 0.1) is 27.9 Å². The number of guanidine groups is 1. The number of nitrogens with one attached hydrogen (secondary N) is 2. The lowest BCUT2D eigenvalue weighted by Gasteiger charge is -2.17. The van der Waals surface area contributed by atoms with Crippen LogP contribution in [0.1, 0.15) is 32.8 Å². The largest absolute Gasteiger partial charge is 0.493 e. The van der Waals surface area contributed by atoms with Gasteiger partial charge in [-0.1, -0.05) is 6.92 Å². The van der Waals surface area contributed by atoms with Gasteiger partial charge in [0.25, 0.3) is 0 Å². The van der Waals surface area contributed by atoms with E-state index < -0.39 is 0 Å². The summed E-state index contributed by atoms with van der Waals surface area (Å²) in [7, 11) is 4.82. The van der Waals surface area contributed by atoms with Crippen LogP contribution in [0.2, 0.25) is 0 Å². The van der Waals surface area contributed by atoms with Crippen molar-refractivity contribution in [1.82, 2.24) is 10.6 Å². The second-order valence-corrected chi connectivity index (χ2v) is 5.14. The van der Waals surface area contributed by atoms with Crippen molar-refractivity contribution in [2.24, 2.45) is 4.99 Å². The number of benzene rings is 1. The minimum atomic E-state index is 0. The molecule has 2 N–H and O–H groups in total. The molecule has 0 saturated carbocycles. The van der Waals surface area contributed by atoms with Gasteiger partial charge in [-0.05, 0) is 32.4 Å². The molecule has 6 nitrogen and oxygen atoms in total. The molecule has 0 aliphatic rings. The first kappa shape index (κ1) is 22.6. The highest BCUT2D eigenvalue weighted by atomic mass is 127. The monoisotopic (exact) mass is 451 g/mol. The van der Waals surface area contributed by atoms with Crippen LogP contribution in [0.15, 0.2) is 17.1 Å². The van der Waals surface area contributed by atoms with Gasteiger partial charge in [0.1, 0.15) is 0 Å². The van der Waals surface area contributed by atoms with E-state index >= 15 is 0 Å². The van der Waals surface area contributed by atoms with Crippen molar-refractivity contribution < 1.29 is 14.2 Å². The van der Waals surface area contributed by atoms with Crippen molar-refractivity contribution in [3.05, 3.63) is 17.7 Å². The molecule has 0 amide bonds. The van der Waals surface area contributed by atoms with Crippen LogP contribution in [0.3, 0.4) is 0 Å². The average Bonchev–Trinajstić information content (AvgIpc) is 2.58. The van der Waals surface area contributed by atoms with Crippen LogP contribution in [0.4, 0.5) is 0 Å². The quantitative estimate of drug-likeness (QED) is 0.361. The van der Waals surface area contributed by atoms with E-state index in [1.807, 2.05) is 19.1 Å². The highest BCUT2D eigenvalue weighted by molar-refractivity contribution is 14.0. The molecule has 1 rings (SSSR count). The van der Waals surface area contributed by atoms with Gasteiger partial charge in [-0.25, -0.2) is 4.99 Å². The van der Waals surface area contributed by atoms with Crippen LogP contribution in [0.25, 0.3) is 0 Å². The number of hydrogen-bond donors (Lipinski definition) is 2. The molecule has 0 bridgehead atoms. The molecule has 0 aliphatic heterocycles. The summed E-state index contributed by atoms with van der Waals surface area (Å²) >= 11 is 0. The maximum Gasteiger partial charge on any atom is 0.203 e. The van der Waals surface area contributed by atoms with Gasteiger partial charge in [-0.15, -0.1) is 24.0 Å². The number of nitrogens with zero attached hydrogens (tertiary/aromatic N) is 1. The maximum atomic E-state index is 5.49. The molecule has 0 spiro atoms. The summed E-state index contributed by atoms with van der Waals surface area (Å²) in [5.41, 5.74) is 0.937. The molecule has 0 aliphatic carbocycles. The SMILES string of the molecule is CCNC(=NCc1ccc(OC)c(OC)c1OC)NC(C)CC.I. The van der Waals surface area contributed by atoms with E-state index in [0.717, 1.165) is 24.5 Å². The topological polar surface area (TPSA) is 64.1 Å². The molecule has 138 valence electrons. The van der Waals surface area contributed by atoms with Crippen molar-refractivity contribution in [2.75, 3.05) is 27.9 Å². The zero-order valence-corrected chi connectivity index (χ0v) is 17.8. The van der Waals surface area contributed by atoms with E-state index in [1.165, 1.54) is 0 Å². The molecule has 24 heavy (non-hydrogen) atoms. The minimum absolute atomic E-state index is 0. The summed E-state index contributed by atoms with van der Waals surface area (Å²) in [6.45, 7) is 7.61. The van der Waals surface area contributed by atoms with Crippen molar-refractivity contribution in [1.29, 1.82) is 0 Å². The third-order valence-electron chi connectivity index (χ3n) is 3.53. The fraction of sp³-hybridized carbons (Fsp3) is 0.588. The maximum absolute atomic E-state index is 5.49. The van der Waals surface area contributed by atoms with E-state index in [4.69, 9.17) is 14.2 Å². The molecule has 0 heterocycles. The van der Waals surface area contributed by atoms with Crippen LogP contribution in [0, 0.1) is 0 Å². The number of rotatable bonds is 8. The molecular formula is C17H30IN3O3. The molecule has 1 atom stereocenters. The normalized spacial score (nSPS) is 12.0. The predicted octanol–water partition coefficient (Wildman–Crippen LogP) is 3.18. The Morgan fingerprint density at radius 2 is 1.75 bits per heavy atom. The molecule has 0 aromatic heterocycles. The predicted molar refractivity (Wildman–Crippen MR) is 109 cm³/mol. The average molecular weight is 451 g/mol. The van der Waals surface area contributed by atoms with Gasteiger partial charge in [0.2, 0.25) is 5.75 Å². The molecule has 1 unspecified atom stereocenters. The summed E-state index contributed by atoms with van der Waals surface area (Å²) in [5.74, 6) is 2.66. The number of methoxy groups -OCH3 is 3. The number of aliphatic imine (C=N–C) groups is 1. The Morgan fingerprint density at radius 3 is 2.25 bits per heavy atom. The van der Waals surface area contributed by atoms with Crippen molar-refractivity contribution >= 4 is 29.9 Å². The highest BCUT2D eigenvalue weighted by Gasteiger charge is 2.15. The Balaban J connectivity index is 0.00000529. The summed E-state index contributed by atoms with van der Waals surface area (Å²) in [6, 6.07) is 4.16. The van der Waals surface area contributed by atoms with Gasteiger partial charge in [0, 0.05) is 18.2 Å². The summed E-state index contributed by atoms with van der Waals surface area (Å²) in [6.07, 6.45) is 1.03. The van der Waals surface area contributed by atoms with E-state index in [-0.39, 0.29) is 24.0 Å². The summed E-state index contributed by atoms with van der Waals surface area (Å²) in [5, 5.41) is 6.62. The first-order valence-electron chi connectivity index (χ1n) is 7.93. The van der Waals surface area contributed by atoms with Crippen LogP contribution in [-0.2, 0) is 6.54 Å². The molecule has 0 fully saturated rings. The van der Waals surface area contributed by atoms with Gasteiger partial charge in [0.15, 0.2) is 17.5 Å². The Hall–Kier alpha value is -1.38. The first-order chi connectivity index (χ1) is 11.1. The van der Waals surface area contributed by atoms with E-state index in [1.54, 1.807) is 21.3 Å².